The van der Waals surface area contributed by atoms with Gasteiger partial charge in [-0.25, -0.2) is 0 Å². The van der Waals surface area contributed by atoms with E-state index in [1.54, 1.807) is 19.9 Å². The van der Waals surface area contributed by atoms with E-state index in [1.807, 2.05) is 33.8 Å². The number of fused-ring (bicyclic) bond motifs is 4. The van der Waals surface area contributed by atoms with E-state index in [0.29, 0.717) is 38.0 Å². The number of methoxy groups -OCH3 is 1. The van der Waals surface area contributed by atoms with Gasteiger partial charge in [0.25, 0.3) is 0 Å². The molecule has 109 heavy (non-hydrogen) atoms. The highest BCUT2D eigenvalue weighted by molar-refractivity contribution is 6.21. The second-order valence-electron chi connectivity index (χ2n) is 34.1. The van der Waals surface area contributed by atoms with Crippen LogP contribution in [0.2, 0.25) is 0 Å². The summed E-state index contributed by atoms with van der Waals surface area (Å²) in [6, 6.07) is -11.4. The highest BCUT2D eigenvalue weighted by Crippen LogP contribution is 2.50. The molecule has 7 fully saturated rings. The van der Waals surface area contributed by atoms with Crippen LogP contribution in [-0.2, 0) is 67.0 Å². The van der Waals surface area contributed by atoms with E-state index >= 15 is 47.9 Å². The number of hydrogen-bond acceptors (Lipinski definition) is 14. The number of rotatable bonds is 14. The summed E-state index contributed by atoms with van der Waals surface area (Å²) in [5, 5.41) is 7.70. The molecular formula is C79H126ClF3N12O14. The van der Waals surface area contributed by atoms with Gasteiger partial charge in [0.15, 0.2) is 0 Å². The molecule has 15 atom stereocenters. The zero-order chi connectivity index (χ0) is 80.5. The van der Waals surface area contributed by atoms with Gasteiger partial charge in [-0.15, -0.1) is 11.6 Å². The first-order valence-corrected chi connectivity index (χ1v) is 40.6. The lowest BCUT2D eigenvalue weighted by molar-refractivity contribution is -0.182. The summed E-state index contributed by atoms with van der Waals surface area (Å²) in [5.74, 6) is -10.5. The van der Waals surface area contributed by atoms with E-state index in [-0.39, 0.29) is 109 Å². The van der Waals surface area contributed by atoms with E-state index < -0.39 is 197 Å². The lowest BCUT2D eigenvalue weighted by Gasteiger charge is -2.54. The molecule has 1 spiro atoms. The molecule has 4 saturated carbocycles. The number of hydrogen-bond donors (Lipinski definition) is 3. The van der Waals surface area contributed by atoms with Crippen molar-refractivity contribution in [3.8, 4) is 0 Å². The van der Waals surface area contributed by atoms with Gasteiger partial charge in [-0.3, -0.25) is 57.5 Å². The third-order valence-electron chi connectivity index (χ3n) is 25.4. The van der Waals surface area contributed by atoms with Crippen LogP contribution in [-0.4, -0.2) is 288 Å². The van der Waals surface area contributed by atoms with Gasteiger partial charge in [-0.2, -0.15) is 13.2 Å². The minimum absolute atomic E-state index is 0.0197. The predicted molar refractivity (Wildman–Crippen MR) is 403 cm³/mol. The third kappa shape index (κ3) is 20.8. The molecule has 614 valence electrons. The fourth-order valence-corrected chi connectivity index (χ4v) is 19.3. The number of carbonyl (C=O) groups is 12. The van der Waals surface area contributed by atoms with Crippen molar-refractivity contribution in [2.75, 3.05) is 89.2 Å². The Labute approximate surface area is 648 Å². The molecule has 8 rings (SSSR count). The molecule has 2 bridgehead atoms. The van der Waals surface area contributed by atoms with Gasteiger partial charge in [0, 0.05) is 101 Å². The zero-order valence-corrected chi connectivity index (χ0v) is 68.1. The van der Waals surface area contributed by atoms with Crippen molar-refractivity contribution in [1.82, 2.24) is 60.0 Å². The highest BCUT2D eigenvalue weighted by Gasteiger charge is 2.60. The molecule has 0 aromatic heterocycles. The van der Waals surface area contributed by atoms with Gasteiger partial charge in [0.05, 0.1) is 31.1 Å². The summed E-state index contributed by atoms with van der Waals surface area (Å²) < 4.78 is 54.6. The van der Waals surface area contributed by atoms with Gasteiger partial charge in [0.1, 0.15) is 59.9 Å². The van der Waals surface area contributed by atoms with Crippen LogP contribution in [0.4, 0.5) is 13.2 Å². The Bertz CT molecular complexity index is 3290. The number of amides is 12. The first kappa shape index (κ1) is 88.0. The number of halogens is 4. The molecule has 0 aromatic rings. The standard InChI is InChI=1S/C79H126ClF3N12O14/c1-16-24-57-67(98)85-65(48(5)17-2)74(105)95-42-52(108-15)39-62(95)72(103)90(12)58-27-20-19-23-36-93(73(58)104)61(38-50-30-28-47(4)29-31-50)71(102)88(10)44-63(96)84-56(35-33-49-32-34-54(55(80)37-49)79(81,82)83)69(100)94-43-53(109-18-3)40-59(94)68(99)86-78(45-77(6,7)46-78)76(107)92(14)66(51-25-21-22-26-51)75(106)91(13)60(70(101)87(8)9)41-64(97)89(57)11/h19-20,47-62,65-66H,16-18,21-46H2,1-15H3,(H,84,96)(H,85,98)(H,86,99)/b20-19-/t47?,48-,49?,50?,52-,53+,54?,55?,56-,57-,58-,59-,60-,61-,62-,65-,66-/m0/s1. The molecule has 0 aromatic carbocycles. The largest absolute Gasteiger partial charge is 0.393 e. The van der Waals surface area contributed by atoms with Crippen LogP contribution in [0.3, 0.4) is 0 Å². The van der Waals surface area contributed by atoms with Crippen LogP contribution in [0.15, 0.2) is 12.2 Å². The molecule has 30 heteroatoms. The van der Waals surface area contributed by atoms with Crippen LogP contribution in [0.5, 0.6) is 0 Å². The van der Waals surface area contributed by atoms with Crippen LogP contribution < -0.4 is 16.0 Å². The normalized spacial score (nSPS) is 33.3. The summed E-state index contributed by atoms with van der Waals surface area (Å²) in [6.45, 7) is 12.6. The summed E-state index contributed by atoms with van der Waals surface area (Å²) >= 11 is 6.49. The second kappa shape index (κ2) is 37.8. The lowest BCUT2D eigenvalue weighted by Crippen LogP contribution is -2.71. The number of nitrogens with one attached hydrogen (secondary N) is 3. The number of alkyl halides is 4. The SMILES string of the molecule is CCC[C@H]1C(=O)N[C@@H]([C@@H](C)CC)C(=O)N2C[C@@H](OC)C[C@H]2C(=O)N(C)[C@H]2C/C=C\CCN(C2=O)[C@@H](CC2CCC(C)CC2)C(=O)N(C)CC(=O)N[C@@H](CCC2CCC(C(F)(F)F)C(Cl)C2)C(=O)N2C[C@H](OCC)C[C@H]2C(=O)NC2(CC(C)(C)C2)C(=O)N(C)[C@@H](C2CCCC2)C(=O)N(C)[C@H](C(=O)N(C)C)CC(=O)N1C. The molecule has 12 amide bonds. The molecular weight excluding hydrogens is 1430 g/mol. The van der Waals surface area contributed by atoms with E-state index in [4.69, 9.17) is 21.1 Å². The second-order valence-corrected chi connectivity index (χ2v) is 34.7. The Morgan fingerprint density at radius 1 is 0.679 bits per heavy atom. The third-order valence-corrected chi connectivity index (χ3v) is 25.8. The fraction of sp³-hybridized carbons (Fsp3) is 0.823. The van der Waals surface area contributed by atoms with E-state index in [1.165, 1.54) is 101 Å². The maximum Gasteiger partial charge on any atom is 0.393 e. The summed E-state index contributed by atoms with van der Waals surface area (Å²) in [6.07, 6.45) is 4.46. The number of nitrogens with zero attached hydrogens (tertiary/aromatic N) is 9. The van der Waals surface area contributed by atoms with Crippen molar-refractivity contribution in [3.05, 3.63) is 12.2 Å². The molecule has 0 radical (unpaired) electrons. The van der Waals surface area contributed by atoms with E-state index in [0.717, 1.165) is 38.5 Å². The molecule has 3 unspecified atom stereocenters. The molecule has 3 N–H and O–H groups in total. The van der Waals surface area contributed by atoms with Crippen molar-refractivity contribution >= 4 is 82.5 Å². The smallest absolute Gasteiger partial charge is 0.380 e. The average molecular weight is 1560 g/mol. The Hall–Kier alpha value is -6.62. The minimum atomic E-state index is -4.54. The first-order chi connectivity index (χ1) is 51.3. The van der Waals surface area contributed by atoms with Crippen LogP contribution in [0.25, 0.3) is 0 Å². The van der Waals surface area contributed by atoms with Gasteiger partial charge in [0.2, 0.25) is 70.9 Å². The fourth-order valence-electron chi connectivity index (χ4n) is 18.8. The molecule has 4 heterocycles. The van der Waals surface area contributed by atoms with Crippen LogP contribution in [0.1, 0.15) is 203 Å². The molecule has 4 aliphatic carbocycles. The first-order valence-electron chi connectivity index (χ1n) is 40.2. The highest BCUT2D eigenvalue weighted by atomic mass is 35.5. The van der Waals surface area contributed by atoms with E-state index in [2.05, 4.69) is 22.9 Å². The van der Waals surface area contributed by atoms with E-state index in [9.17, 15) is 22.8 Å². The predicted octanol–water partition coefficient (Wildman–Crippen LogP) is 6.68. The van der Waals surface area contributed by atoms with Gasteiger partial charge in [-0.1, -0.05) is 105 Å². The van der Waals surface area contributed by atoms with Gasteiger partial charge in [-0.05, 0) is 125 Å². The summed E-state index contributed by atoms with van der Waals surface area (Å²) in [4.78, 5) is 196. The topological polar surface area (TPSA) is 289 Å². The number of ether oxygens (including phenoxy) is 2. The van der Waals surface area contributed by atoms with Crippen molar-refractivity contribution < 1.29 is 80.2 Å². The lowest BCUT2D eigenvalue weighted by atomic mass is 9.58. The van der Waals surface area contributed by atoms with Crippen LogP contribution >= 0.6 is 11.6 Å². The maximum atomic E-state index is 15.8. The number of likely N-dealkylation sites (N-methyl/N-ethyl adjacent to an activating group) is 6. The number of carbonyl (C=O) groups excluding carboxylic acids is 12. The summed E-state index contributed by atoms with van der Waals surface area (Å²) in [5.41, 5.74) is -2.18. The van der Waals surface area contributed by atoms with Crippen molar-refractivity contribution in [2.24, 2.45) is 40.9 Å². The monoisotopic (exact) mass is 1560 g/mol. The quantitative estimate of drug-likeness (QED) is 0.121. The zero-order valence-electron chi connectivity index (χ0n) is 67.3. The molecule has 3 saturated heterocycles. The Morgan fingerprint density at radius 3 is 1.91 bits per heavy atom. The molecule has 4 aliphatic heterocycles. The average Bonchev–Trinajstić information content (AvgIpc) is 1.21. The van der Waals surface area contributed by atoms with Gasteiger partial charge < -0.3 is 69.5 Å². The van der Waals surface area contributed by atoms with Gasteiger partial charge >= 0.3 is 6.18 Å². The Morgan fingerprint density at radius 2 is 1.31 bits per heavy atom. The molecule has 26 nitrogen and oxygen atoms in total. The Kier molecular flexibility index (Phi) is 30.5. The Balaban J connectivity index is 1.23. The maximum absolute atomic E-state index is 15.8. The summed E-state index contributed by atoms with van der Waals surface area (Å²) in [7, 11) is 11.7. The van der Waals surface area contributed by atoms with Crippen molar-refractivity contribution in [3.63, 3.8) is 0 Å². The van der Waals surface area contributed by atoms with Crippen molar-refractivity contribution in [1.29, 1.82) is 0 Å². The van der Waals surface area contributed by atoms with Crippen molar-refractivity contribution in [2.45, 2.75) is 286 Å². The molecule has 8 aliphatic rings. The minimum Gasteiger partial charge on any atom is -0.380 e. The van der Waals surface area contributed by atoms with Crippen LogP contribution in [0, 0.1) is 40.9 Å².